The number of phenols is 1. The molecule has 1 aromatic rings. The van der Waals surface area contributed by atoms with Gasteiger partial charge in [-0.2, -0.15) is 0 Å². The van der Waals surface area contributed by atoms with Crippen LogP contribution in [0.4, 0.5) is 5.69 Å². The Hall–Kier alpha value is -2.04. The molecule has 0 radical (unpaired) electrons. The van der Waals surface area contributed by atoms with Crippen molar-refractivity contribution >= 4 is 17.4 Å². The lowest BCUT2D eigenvalue weighted by Crippen LogP contribution is -2.44. The average molecular weight is 276 g/mol. The number of nitrogens with one attached hydrogen (secondary N) is 1. The maximum Gasteiger partial charge on any atom is 0.217 e. The van der Waals surface area contributed by atoms with Crippen LogP contribution in [0.15, 0.2) is 18.2 Å². The van der Waals surface area contributed by atoms with Crippen LogP contribution in [0.2, 0.25) is 0 Å². The Morgan fingerprint density at radius 2 is 1.90 bits per heavy atom. The van der Waals surface area contributed by atoms with Crippen molar-refractivity contribution in [1.29, 1.82) is 0 Å². The summed E-state index contributed by atoms with van der Waals surface area (Å²) >= 11 is 0. The van der Waals surface area contributed by atoms with Crippen LogP contribution in [0.1, 0.15) is 37.0 Å². The minimum atomic E-state index is -0.140. The van der Waals surface area contributed by atoms with Crippen molar-refractivity contribution in [2.75, 3.05) is 18.0 Å². The van der Waals surface area contributed by atoms with E-state index >= 15 is 0 Å². The topological polar surface area (TPSA) is 69.6 Å². The van der Waals surface area contributed by atoms with Gasteiger partial charge in [-0.15, -0.1) is 0 Å². The zero-order valence-corrected chi connectivity index (χ0v) is 11.8. The fraction of sp³-hybridized carbons (Fsp3) is 0.467. The summed E-state index contributed by atoms with van der Waals surface area (Å²) in [6.07, 6.45) is 1.77. The molecule has 0 aromatic heterocycles. The van der Waals surface area contributed by atoms with Gasteiger partial charge in [0.2, 0.25) is 5.91 Å². The Labute approximate surface area is 118 Å². The zero-order valence-electron chi connectivity index (χ0n) is 11.8. The highest BCUT2D eigenvalue weighted by Gasteiger charge is 2.20. The maximum absolute atomic E-state index is 11.3. The number of ketones is 1. The summed E-state index contributed by atoms with van der Waals surface area (Å²) in [5, 5.41) is 12.8. The van der Waals surface area contributed by atoms with Crippen molar-refractivity contribution in [3.8, 4) is 5.75 Å². The number of carbonyl (C=O) groups is 2. The van der Waals surface area contributed by atoms with E-state index in [0.717, 1.165) is 31.6 Å². The lowest BCUT2D eigenvalue weighted by atomic mass is 10.0. The second kappa shape index (κ2) is 5.94. The number of amides is 1. The molecule has 1 aromatic carbocycles. The van der Waals surface area contributed by atoms with E-state index in [1.54, 1.807) is 12.1 Å². The number of phenolic OH excluding ortho intramolecular Hbond substituents is 1. The molecule has 5 nitrogen and oxygen atoms in total. The lowest BCUT2D eigenvalue weighted by Gasteiger charge is -2.34. The van der Waals surface area contributed by atoms with E-state index in [2.05, 4.69) is 10.2 Å². The fourth-order valence-electron chi connectivity index (χ4n) is 2.58. The van der Waals surface area contributed by atoms with Gasteiger partial charge in [0, 0.05) is 37.8 Å². The van der Waals surface area contributed by atoms with Crippen LogP contribution >= 0.6 is 0 Å². The van der Waals surface area contributed by atoms with Gasteiger partial charge in [-0.3, -0.25) is 9.59 Å². The van der Waals surface area contributed by atoms with Crippen molar-refractivity contribution in [1.82, 2.24) is 5.32 Å². The summed E-state index contributed by atoms with van der Waals surface area (Å²) < 4.78 is 0. The number of rotatable bonds is 3. The predicted molar refractivity (Wildman–Crippen MR) is 77.2 cm³/mol. The van der Waals surface area contributed by atoms with E-state index in [1.807, 2.05) is 6.07 Å². The molecule has 0 bridgehead atoms. The molecular weight excluding hydrogens is 256 g/mol. The molecule has 1 amide bonds. The second-order valence-corrected chi connectivity index (χ2v) is 5.22. The number of hydrogen-bond acceptors (Lipinski definition) is 4. The van der Waals surface area contributed by atoms with Crippen LogP contribution < -0.4 is 10.2 Å². The van der Waals surface area contributed by atoms with Gasteiger partial charge in [0.1, 0.15) is 5.75 Å². The summed E-state index contributed by atoms with van der Waals surface area (Å²) in [5.74, 6) is -0.107. The maximum atomic E-state index is 11.3. The van der Waals surface area contributed by atoms with Crippen molar-refractivity contribution in [2.24, 2.45) is 0 Å². The second-order valence-electron chi connectivity index (χ2n) is 5.22. The van der Waals surface area contributed by atoms with Crippen LogP contribution in [0.3, 0.4) is 0 Å². The molecule has 1 aliphatic rings. The fourth-order valence-corrected chi connectivity index (χ4v) is 2.58. The third-order valence-electron chi connectivity index (χ3n) is 3.63. The van der Waals surface area contributed by atoms with Gasteiger partial charge in [0.05, 0.1) is 5.56 Å². The van der Waals surface area contributed by atoms with E-state index in [9.17, 15) is 14.7 Å². The van der Waals surface area contributed by atoms with Gasteiger partial charge >= 0.3 is 0 Å². The molecule has 5 heteroatoms. The SMILES string of the molecule is CC(=O)NC1CCN(c2ccc(C(C)=O)c(O)c2)CC1. The Kier molecular flexibility index (Phi) is 4.27. The minimum absolute atomic E-state index is 0.00639. The molecule has 0 atom stereocenters. The first-order chi connectivity index (χ1) is 9.47. The summed E-state index contributed by atoms with van der Waals surface area (Å²) in [6.45, 7) is 4.62. The molecule has 1 fully saturated rings. The quantitative estimate of drug-likeness (QED) is 0.824. The van der Waals surface area contributed by atoms with Crippen LogP contribution in [0.5, 0.6) is 5.75 Å². The highest BCUT2D eigenvalue weighted by atomic mass is 16.3. The number of anilines is 1. The molecule has 0 unspecified atom stereocenters. The van der Waals surface area contributed by atoms with Crippen LogP contribution in [-0.4, -0.2) is 35.9 Å². The minimum Gasteiger partial charge on any atom is -0.507 e. The monoisotopic (exact) mass is 276 g/mol. The van der Waals surface area contributed by atoms with Crippen molar-refractivity contribution in [2.45, 2.75) is 32.7 Å². The van der Waals surface area contributed by atoms with E-state index in [1.165, 1.54) is 13.8 Å². The summed E-state index contributed by atoms with van der Waals surface area (Å²) in [6, 6.07) is 5.38. The predicted octanol–water partition coefficient (Wildman–Crippen LogP) is 1.70. The van der Waals surface area contributed by atoms with Gasteiger partial charge in [-0.1, -0.05) is 0 Å². The van der Waals surface area contributed by atoms with E-state index in [-0.39, 0.29) is 23.5 Å². The largest absolute Gasteiger partial charge is 0.507 e. The number of hydrogen-bond donors (Lipinski definition) is 2. The van der Waals surface area contributed by atoms with Gasteiger partial charge in [-0.25, -0.2) is 0 Å². The molecule has 20 heavy (non-hydrogen) atoms. The third kappa shape index (κ3) is 3.29. The summed E-state index contributed by atoms with van der Waals surface area (Å²) in [4.78, 5) is 24.5. The zero-order chi connectivity index (χ0) is 14.7. The number of carbonyl (C=O) groups excluding carboxylic acids is 2. The van der Waals surface area contributed by atoms with Crippen LogP contribution in [0, 0.1) is 0 Å². The first-order valence-electron chi connectivity index (χ1n) is 6.83. The van der Waals surface area contributed by atoms with Crippen molar-refractivity contribution in [3.05, 3.63) is 23.8 Å². The van der Waals surface area contributed by atoms with Crippen LogP contribution in [-0.2, 0) is 4.79 Å². The molecule has 1 aliphatic heterocycles. The molecule has 2 rings (SSSR count). The Bertz CT molecular complexity index is 520. The van der Waals surface area contributed by atoms with E-state index in [4.69, 9.17) is 0 Å². The summed E-state index contributed by atoms with van der Waals surface area (Å²) in [5.41, 5.74) is 1.26. The van der Waals surface area contributed by atoms with E-state index in [0.29, 0.717) is 5.56 Å². The molecule has 0 saturated carbocycles. The number of nitrogens with zero attached hydrogens (tertiary/aromatic N) is 1. The number of piperidine rings is 1. The molecule has 1 heterocycles. The highest BCUT2D eigenvalue weighted by Crippen LogP contribution is 2.27. The standard InChI is InChI=1S/C15H20N2O3/c1-10(18)14-4-3-13(9-15(14)20)17-7-5-12(6-8-17)16-11(2)19/h3-4,9,12,20H,5-8H2,1-2H3,(H,16,19). The van der Waals surface area contributed by atoms with Gasteiger partial charge in [-0.05, 0) is 31.9 Å². The molecule has 2 N–H and O–H groups in total. The highest BCUT2D eigenvalue weighted by molar-refractivity contribution is 5.97. The average Bonchev–Trinajstić information content (AvgIpc) is 2.38. The Morgan fingerprint density at radius 3 is 2.40 bits per heavy atom. The molecule has 1 saturated heterocycles. The number of benzene rings is 1. The van der Waals surface area contributed by atoms with Gasteiger partial charge in [0.25, 0.3) is 0 Å². The summed E-state index contributed by atoms with van der Waals surface area (Å²) in [7, 11) is 0. The Morgan fingerprint density at radius 1 is 1.25 bits per heavy atom. The number of Topliss-reactive ketones (excluding diaryl/α,β-unsaturated/α-hetero) is 1. The Balaban J connectivity index is 2.02. The smallest absolute Gasteiger partial charge is 0.217 e. The third-order valence-corrected chi connectivity index (χ3v) is 3.63. The molecule has 0 aliphatic carbocycles. The molecular formula is C15H20N2O3. The van der Waals surface area contributed by atoms with E-state index < -0.39 is 0 Å². The first-order valence-corrected chi connectivity index (χ1v) is 6.83. The molecule has 0 spiro atoms. The van der Waals surface area contributed by atoms with Gasteiger partial charge < -0.3 is 15.3 Å². The number of aromatic hydroxyl groups is 1. The normalized spacial score (nSPS) is 16.0. The lowest BCUT2D eigenvalue weighted by molar-refractivity contribution is -0.119. The van der Waals surface area contributed by atoms with Crippen molar-refractivity contribution in [3.63, 3.8) is 0 Å². The first kappa shape index (κ1) is 14.4. The van der Waals surface area contributed by atoms with Gasteiger partial charge in [0.15, 0.2) is 5.78 Å². The van der Waals surface area contributed by atoms with Crippen molar-refractivity contribution < 1.29 is 14.7 Å². The molecule has 108 valence electrons. The van der Waals surface area contributed by atoms with Crippen LogP contribution in [0.25, 0.3) is 0 Å².